The van der Waals surface area contributed by atoms with Gasteiger partial charge in [-0.1, -0.05) is 13.3 Å². The summed E-state index contributed by atoms with van der Waals surface area (Å²) in [6.45, 7) is 2.11. The van der Waals surface area contributed by atoms with Gasteiger partial charge in [-0.15, -0.1) is 0 Å². The second kappa shape index (κ2) is 4.64. The number of carboxylic acids is 1. The summed E-state index contributed by atoms with van der Waals surface area (Å²) < 4.78 is 1.68. The van der Waals surface area contributed by atoms with Gasteiger partial charge in [-0.25, -0.2) is 4.98 Å². The van der Waals surface area contributed by atoms with E-state index in [1.165, 1.54) is 0 Å². The number of aryl methyl sites for hydroxylation is 1. The molecule has 1 N–H and O–H groups in total. The molecule has 1 rings (SSSR count). The predicted octanol–water partition coefficient (Wildman–Crippen LogP) is 1.31. The summed E-state index contributed by atoms with van der Waals surface area (Å²) in [6, 6.07) is 0. The summed E-state index contributed by atoms with van der Waals surface area (Å²) >= 11 is 0. The van der Waals surface area contributed by atoms with Gasteiger partial charge in [0.15, 0.2) is 0 Å². The topological polar surface area (TPSA) is 55.1 Å². The maximum absolute atomic E-state index is 10.4. The van der Waals surface area contributed by atoms with E-state index in [0.29, 0.717) is 0 Å². The average Bonchev–Trinajstić information content (AvgIpc) is 2.48. The lowest BCUT2D eigenvalue weighted by Gasteiger charge is -2.03. The maximum atomic E-state index is 10.4. The highest BCUT2D eigenvalue weighted by molar-refractivity contribution is 5.66. The number of rotatable bonds is 5. The molecule has 1 aromatic rings. The van der Waals surface area contributed by atoms with Crippen LogP contribution in [0.25, 0.3) is 0 Å². The minimum Gasteiger partial charge on any atom is -0.480 e. The Bertz CT molecular complexity index is 281. The van der Waals surface area contributed by atoms with Crippen LogP contribution < -0.4 is 0 Å². The molecule has 1 heterocycles. The van der Waals surface area contributed by atoms with Crippen LogP contribution >= 0.6 is 0 Å². The Morgan fingerprint density at radius 3 is 3.08 bits per heavy atom. The molecule has 0 aliphatic carbocycles. The molecule has 4 heteroatoms. The van der Waals surface area contributed by atoms with Crippen molar-refractivity contribution in [2.75, 3.05) is 0 Å². The van der Waals surface area contributed by atoms with Gasteiger partial charge in [-0.3, -0.25) is 4.79 Å². The summed E-state index contributed by atoms with van der Waals surface area (Å²) in [7, 11) is 0. The van der Waals surface area contributed by atoms with Gasteiger partial charge in [-0.2, -0.15) is 0 Å². The summed E-state index contributed by atoms with van der Waals surface area (Å²) in [6.07, 6.45) is 6.36. The van der Waals surface area contributed by atoms with Crippen LogP contribution in [-0.4, -0.2) is 20.6 Å². The van der Waals surface area contributed by atoms with Gasteiger partial charge in [0.05, 0.1) is 0 Å². The first-order chi connectivity index (χ1) is 6.24. The lowest BCUT2D eigenvalue weighted by Crippen LogP contribution is -2.11. The van der Waals surface area contributed by atoms with Crippen molar-refractivity contribution in [2.24, 2.45) is 0 Å². The minimum atomic E-state index is -0.823. The van der Waals surface area contributed by atoms with Gasteiger partial charge >= 0.3 is 5.97 Å². The lowest BCUT2D eigenvalue weighted by atomic mass is 10.2. The number of carboxylic acid groups (broad SMARTS) is 1. The zero-order valence-electron chi connectivity index (χ0n) is 7.73. The van der Waals surface area contributed by atoms with Crippen molar-refractivity contribution in [3.63, 3.8) is 0 Å². The molecule has 4 nitrogen and oxygen atoms in total. The van der Waals surface area contributed by atoms with E-state index in [0.717, 1.165) is 25.1 Å². The molecule has 0 unspecified atom stereocenters. The summed E-state index contributed by atoms with van der Waals surface area (Å²) in [5.41, 5.74) is 0. The maximum Gasteiger partial charge on any atom is 0.323 e. The number of nitrogens with zero attached hydrogens (tertiary/aromatic N) is 2. The molecule has 0 radical (unpaired) electrons. The number of imidazole rings is 1. The van der Waals surface area contributed by atoms with Crippen molar-refractivity contribution in [1.29, 1.82) is 0 Å². The number of unbranched alkanes of at least 4 members (excludes halogenated alkanes) is 1. The van der Waals surface area contributed by atoms with Gasteiger partial charge in [0.1, 0.15) is 12.4 Å². The third kappa shape index (κ3) is 2.89. The van der Waals surface area contributed by atoms with Crippen molar-refractivity contribution in [2.45, 2.75) is 32.7 Å². The summed E-state index contributed by atoms with van der Waals surface area (Å²) in [5, 5.41) is 8.59. The molecule has 1 aromatic heterocycles. The first-order valence-electron chi connectivity index (χ1n) is 4.46. The standard InChI is InChI=1S/C9H14N2O2/c1-2-3-4-8-10-5-6-11(8)7-9(12)13/h5-6H,2-4,7H2,1H3,(H,12,13). The number of hydrogen-bond acceptors (Lipinski definition) is 2. The molecule has 72 valence electrons. The first-order valence-corrected chi connectivity index (χ1v) is 4.46. The van der Waals surface area contributed by atoms with E-state index in [2.05, 4.69) is 11.9 Å². The fourth-order valence-corrected chi connectivity index (χ4v) is 1.19. The molecule has 13 heavy (non-hydrogen) atoms. The van der Waals surface area contributed by atoms with E-state index in [-0.39, 0.29) is 6.54 Å². The zero-order chi connectivity index (χ0) is 9.68. The van der Waals surface area contributed by atoms with Gasteiger partial charge in [0.25, 0.3) is 0 Å². The fraction of sp³-hybridized carbons (Fsp3) is 0.556. The second-order valence-corrected chi connectivity index (χ2v) is 2.97. The SMILES string of the molecule is CCCCc1nccn1CC(=O)O. The van der Waals surface area contributed by atoms with Crippen molar-refractivity contribution in [1.82, 2.24) is 9.55 Å². The van der Waals surface area contributed by atoms with E-state index in [4.69, 9.17) is 5.11 Å². The quantitative estimate of drug-likeness (QED) is 0.747. The van der Waals surface area contributed by atoms with E-state index < -0.39 is 5.97 Å². The Morgan fingerprint density at radius 1 is 1.69 bits per heavy atom. The molecule has 0 amide bonds. The van der Waals surface area contributed by atoms with Crippen molar-refractivity contribution in [3.8, 4) is 0 Å². The Labute approximate surface area is 77.2 Å². The number of carbonyl (C=O) groups is 1. The van der Waals surface area contributed by atoms with Crippen LogP contribution in [0.15, 0.2) is 12.4 Å². The normalized spacial score (nSPS) is 10.2. The van der Waals surface area contributed by atoms with Crippen LogP contribution in [0.5, 0.6) is 0 Å². The molecule has 0 bridgehead atoms. The fourth-order valence-electron chi connectivity index (χ4n) is 1.19. The van der Waals surface area contributed by atoms with E-state index >= 15 is 0 Å². The Balaban J connectivity index is 2.60. The number of hydrogen-bond donors (Lipinski definition) is 1. The number of aromatic nitrogens is 2. The smallest absolute Gasteiger partial charge is 0.323 e. The average molecular weight is 182 g/mol. The van der Waals surface area contributed by atoms with E-state index in [9.17, 15) is 4.79 Å². The first kappa shape index (κ1) is 9.77. The molecule has 0 aromatic carbocycles. The molecular formula is C9H14N2O2. The van der Waals surface area contributed by atoms with Crippen LogP contribution in [0.2, 0.25) is 0 Å². The summed E-state index contributed by atoms with van der Waals surface area (Å²) in [5.74, 6) is 0.0417. The van der Waals surface area contributed by atoms with Crippen LogP contribution in [0.3, 0.4) is 0 Å². The largest absolute Gasteiger partial charge is 0.480 e. The monoisotopic (exact) mass is 182 g/mol. The lowest BCUT2D eigenvalue weighted by molar-refractivity contribution is -0.137. The van der Waals surface area contributed by atoms with Crippen LogP contribution in [0, 0.1) is 0 Å². The highest BCUT2D eigenvalue weighted by atomic mass is 16.4. The highest BCUT2D eigenvalue weighted by Crippen LogP contribution is 2.02. The Morgan fingerprint density at radius 2 is 2.46 bits per heavy atom. The van der Waals surface area contributed by atoms with Crippen LogP contribution in [0.1, 0.15) is 25.6 Å². The Hall–Kier alpha value is -1.32. The third-order valence-electron chi connectivity index (χ3n) is 1.86. The van der Waals surface area contributed by atoms with Gasteiger partial charge < -0.3 is 9.67 Å². The van der Waals surface area contributed by atoms with Crippen molar-refractivity contribution in [3.05, 3.63) is 18.2 Å². The molecule has 0 aliphatic rings. The third-order valence-corrected chi connectivity index (χ3v) is 1.86. The van der Waals surface area contributed by atoms with Gasteiger partial charge in [0, 0.05) is 18.8 Å². The predicted molar refractivity (Wildman–Crippen MR) is 48.5 cm³/mol. The molecule has 0 saturated heterocycles. The molecule has 0 fully saturated rings. The van der Waals surface area contributed by atoms with Gasteiger partial charge in [-0.05, 0) is 6.42 Å². The van der Waals surface area contributed by atoms with Gasteiger partial charge in [0.2, 0.25) is 0 Å². The Kier molecular flexibility index (Phi) is 3.49. The van der Waals surface area contributed by atoms with E-state index in [1.807, 2.05) is 0 Å². The van der Waals surface area contributed by atoms with Crippen LogP contribution in [-0.2, 0) is 17.8 Å². The molecular weight excluding hydrogens is 168 g/mol. The molecule has 0 spiro atoms. The molecule has 0 saturated carbocycles. The zero-order valence-corrected chi connectivity index (χ0v) is 7.73. The van der Waals surface area contributed by atoms with E-state index in [1.54, 1.807) is 17.0 Å². The molecule has 0 aliphatic heterocycles. The van der Waals surface area contributed by atoms with Crippen molar-refractivity contribution < 1.29 is 9.90 Å². The second-order valence-electron chi connectivity index (χ2n) is 2.97. The minimum absolute atomic E-state index is 0.0129. The summed E-state index contributed by atoms with van der Waals surface area (Å²) in [4.78, 5) is 14.6. The number of aliphatic carboxylic acids is 1. The van der Waals surface area contributed by atoms with Crippen LogP contribution in [0.4, 0.5) is 0 Å². The molecule has 0 atom stereocenters. The van der Waals surface area contributed by atoms with Crippen molar-refractivity contribution >= 4 is 5.97 Å². The highest BCUT2D eigenvalue weighted by Gasteiger charge is 2.04.